The van der Waals surface area contributed by atoms with Gasteiger partial charge >= 0.3 is 0 Å². The van der Waals surface area contributed by atoms with Crippen molar-refractivity contribution in [1.29, 1.82) is 0 Å². The summed E-state index contributed by atoms with van der Waals surface area (Å²) in [4.78, 5) is 18.7. The lowest BCUT2D eigenvalue weighted by Gasteiger charge is -2.23. The molecule has 0 aromatic carbocycles. The molecule has 1 aromatic heterocycles. The number of nitrogens with two attached hydrogens (primary N) is 1. The van der Waals surface area contributed by atoms with Gasteiger partial charge in [-0.2, -0.15) is 0 Å². The Kier molecular flexibility index (Phi) is 3.38. The zero-order valence-corrected chi connectivity index (χ0v) is 11.0. The number of pyridine rings is 1. The minimum atomic E-state index is 0.0779. The second kappa shape index (κ2) is 5.17. The minimum absolute atomic E-state index is 0.0779. The first-order chi connectivity index (χ1) is 9.28. The molecule has 2 fully saturated rings. The van der Waals surface area contributed by atoms with E-state index in [1.807, 2.05) is 4.90 Å². The van der Waals surface area contributed by atoms with Gasteiger partial charge in [-0.15, -0.1) is 0 Å². The predicted molar refractivity (Wildman–Crippen MR) is 73.4 cm³/mol. The van der Waals surface area contributed by atoms with Gasteiger partial charge in [-0.25, -0.2) is 0 Å². The number of aromatic nitrogens is 1. The normalized spacial score (nSPS) is 18.2. The number of hydrogen-bond donors (Lipinski definition) is 2. The maximum Gasteiger partial charge on any atom is 0.256 e. The van der Waals surface area contributed by atoms with Crippen LogP contribution in [0.3, 0.4) is 0 Å². The van der Waals surface area contributed by atoms with Crippen molar-refractivity contribution in [2.75, 3.05) is 18.5 Å². The first kappa shape index (κ1) is 12.4. The molecule has 5 heteroatoms. The summed E-state index contributed by atoms with van der Waals surface area (Å²) in [7, 11) is 0. The van der Waals surface area contributed by atoms with Crippen molar-refractivity contribution in [2.45, 2.75) is 25.7 Å². The second-order valence-corrected chi connectivity index (χ2v) is 5.66. The number of nitrogens with zero attached hydrogens (tertiary/aromatic N) is 2. The molecule has 19 heavy (non-hydrogen) atoms. The Morgan fingerprint density at radius 2 is 1.95 bits per heavy atom. The van der Waals surface area contributed by atoms with E-state index < -0.39 is 0 Å². The number of amides is 1. The van der Waals surface area contributed by atoms with Gasteiger partial charge in [-0.3, -0.25) is 15.6 Å². The fourth-order valence-corrected chi connectivity index (χ4v) is 2.33. The van der Waals surface area contributed by atoms with Crippen LogP contribution in [0.15, 0.2) is 18.5 Å². The van der Waals surface area contributed by atoms with Gasteiger partial charge in [-0.05, 0) is 43.6 Å². The van der Waals surface area contributed by atoms with Crippen molar-refractivity contribution in [2.24, 2.45) is 17.7 Å². The van der Waals surface area contributed by atoms with E-state index in [-0.39, 0.29) is 5.91 Å². The summed E-state index contributed by atoms with van der Waals surface area (Å²) in [5, 5.41) is 0. The van der Waals surface area contributed by atoms with Gasteiger partial charge in [0.15, 0.2) is 0 Å². The van der Waals surface area contributed by atoms with E-state index in [1.165, 1.54) is 25.7 Å². The van der Waals surface area contributed by atoms with E-state index in [0.717, 1.165) is 13.1 Å². The minimum Gasteiger partial charge on any atom is -0.338 e. The third kappa shape index (κ3) is 3.04. The van der Waals surface area contributed by atoms with Crippen LogP contribution in [0.1, 0.15) is 36.0 Å². The van der Waals surface area contributed by atoms with E-state index in [9.17, 15) is 4.79 Å². The van der Waals surface area contributed by atoms with Gasteiger partial charge < -0.3 is 10.3 Å². The molecule has 0 spiro atoms. The lowest BCUT2D eigenvalue weighted by molar-refractivity contribution is 0.0740. The number of hydrogen-bond acceptors (Lipinski definition) is 4. The van der Waals surface area contributed by atoms with E-state index >= 15 is 0 Å². The Hall–Kier alpha value is -1.62. The van der Waals surface area contributed by atoms with Gasteiger partial charge in [0.2, 0.25) is 0 Å². The maximum absolute atomic E-state index is 12.7. The molecule has 0 aliphatic heterocycles. The van der Waals surface area contributed by atoms with Crippen LogP contribution >= 0.6 is 0 Å². The Morgan fingerprint density at radius 3 is 2.47 bits per heavy atom. The average molecular weight is 260 g/mol. The molecular weight excluding hydrogens is 240 g/mol. The van der Waals surface area contributed by atoms with Crippen molar-refractivity contribution in [3.63, 3.8) is 0 Å². The van der Waals surface area contributed by atoms with Crippen molar-refractivity contribution in [3.8, 4) is 0 Å². The van der Waals surface area contributed by atoms with Gasteiger partial charge in [0.25, 0.3) is 5.91 Å². The molecule has 2 aliphatic carbocycles. The fourth-order valence-electron chi connectivity index (χ4n) is 2.33. The zero-order valence-electron chi connectivity index (χ0n) is 11.0. The lowest BCUT2D eigenvalue weighted by atomic mass is 10.2. The van der Waals surface area contributed by atoms with E-state index in [1.54, 1.807) is 18.5 Å². The van der Waals surface area contributed by atoms with Crippen molar-refractivity contribution in [3.05, 3.63) is 24.0 Å². The summed E-state index contributed by atoms with van der Waals surface area (Å²) < 4.78 is 0. The summed E-state index contributed by atoms with van der Waals surface area (Å²) >= 11 is 0. The van der Waals surface area contributed by atoms with Gasteiger partial charge in [0, 0.05) is 19.3 Å². The van der Waals surface area contributed by atoms with E-state index in [0.29, 0.717) is 23.1 Å². The molecule has 1 heterocycles. The molecular formula is C14H20N4O. The van der Waals surface area contributed by atoms with Crippen molar-refractivity contribution >= 4 is 11.6 Å². The zero-order chi connectivity index (χ0) is 13.2. The Morgan fingerprint density at radius 1 is 1.32 bits per heavy atom. The molecule has 0 unspecified atom stereocenters. The molecule has 1 amide bonds. The first-order valence-corrected chi connectivity index (χ1v) is 6.98. The van der Waals surface area contributed by atoms with Crippen LogP contribution < -0.4 is 11.3 Å². The molecule has 5 nitrogen and oxygen atoms in total. The summed E-state index contributed by atoms with van der Waals surface area (Å²) in [5.74, 6) is 6.95. The first-order valence-electron chi connectivity index (χ1n) is 6.98. The highest BCUT2D eigenvalue weighted by molar-refractivity contribution is 5.99. The third-order valence-corrected chi connectivity index (χ3v) is 3.85. The molecule has 0 saturated heterocycles. The van der Waals surface area contributed by atoms with Crippen LogP contribution in [0.4, 0.5) is 5.69 Å². The monoisotopic (exact) mass is 260 g/mol. The van der Waals surface area contributed by atoms with Crippen LogP contribution in [0, 0.1) is 11.8 Å². The molecule has 2 saturated carbocycles. The Bertz CT molecular complexity index is 454. The number of carbonyl (C=O) groups excluding carboxylic acids is 1. The van der Waals surface area contributed by atoms with Crippen molar-refractivity contribution < 1.29 is 4.79 Å². The summed E-state index contributed by atoms with van der Waals surface area (Å²) in [6.07, 6.45) is 8.26. The molecule has 2 aliphatic rings. The summed E-state index contributed by atoms with van der Waals surface area (Å²) in [6, 6.07) is 1.74. The van der Waals surface area contributed by atoms with E-state index in [4.69, 9.17) is 5.84 Å². The highest BCUT2D eigenvalue weighted by Gasteiger charge is 2.32. The molecule has 3 N–H and O–H groups in total. The topological polar surface area (TPSA) is 71.2 Å². The van der Waals surface area contributed by atoms with Crippen molar-refractivity contribution in [1.82, 2.24) is 9.88 Å². The highest BCUT2D eigenvalue weighted by atomic mass is 16.2. The second-order valence-electron chi connectivity index (χ2n) is 5.66. The van der Waals surface area contributed by atoms with Gasteiger partial charge in [0.1, 0.15) is 0 Å². The number of nitrogens with one attached hydrogen (secondary N) is 1. The predicted octanol–water partition coefficient (Wildman–Crippen LogP) is 1.63. The number of rotatable bonds is 6. The fraction of sp³-hybridized carbons (Fsp3) is 0.571. The quantitative estimate of drug-likeness (QED) is 0.602. The number of carbonyl (C=O) groups is 1. The van der Waals surface area contributed by atoms with Gasteiger partial charge in [0.05, 0.1) is 17.4 Å². The highest BCUT2D eigenvalue weighted by Crippen LogP contribution is 2.34. The number of anilines is 1. The molecule has 3 rings (SSSR count). The lowest BCUT2D eigenvalue weighted by Crippen LogP contribution is -2.35. The summed E-state index contributed by atoms with van der Waals surface area (Å²) in [5.41, 5.74) is 3.78. The SMILES string of the molecule is NNc1cnccc1C(=O)N(CC1CC1)CC1CC1. The molecule has 0 bridgehead atoms. The van der Waals surface area contributed by atoms with Crippen LogP contribution in [0.2, 0.25) is 0 Å². The smallest absolute Gasteiger partial charge is 0.256 e. The number of nitrogen functional groups attached to an aromatic ring is 1. The average Bonchev–Trinajstić information content (AvgIpc) is 3.32. The Balaban J connectivity index is 1.76. The van der Waals surface area contributed by atoms with E-state index in [2.05, 4.69) is 10.4 Å². The third-order valence-electron chi connectivity index (χ3n) is 3.85. The summed E-state index contributed by atoms with van der Waals surface area (Å²) in [6.45, 7) is 1.78. The number of hydrazine groups is 1. The standard InChI is InChI=1S/C14H20N4O/c15-17-13-7-16-6-5-12(13)14(19)18(8-10-1-2-10)9-11-3-4-11/h5-7,10-11,17H,1-4,8-9,15H2. The molecule has 102 valence electrons. The van der Waals surface area contributed by atoms with Crippen LogP contribution in [0.5, 0.6) is 0 Å². The molecule has 1 aromatic rings. The van der Waals surface area contributed by atoms with Crippen LogP contribution in [-0.4, -0.2) is 28.9 Å². The Labute approximate surface area is 113 Å². The molecule has 0 radical (unpaired) electrons. The maximum atomic E-state index is 12.7. The molecule has 0 atom stereocenters. The van der Waals surface area contributed by atoms with Crippen LogP contribution in [-0.2, 0) is 0 Å². The van der Waals surface area contributed by atoms with Gasteiger partial charge in [-0.1, -0.05) is 0 Å². The van der Waals surface area contributed by atoms with Crippen LogP contribution in [0.25, 0.3) is 0 Å². The largest absolute Gasteiger partial charge is 0.338 e.